The molecule has 28 heavy (non-hydrogen) atoms. The van der Waals surface area contributed by atoms with Gasteiger partial charge >= 0.3 is 0 Å². The first-order valence-electron chi connectivity index (χ1n) is 10.4. The summed E-state index contributed by atoms with van der Waals surface area (Å²) in [5.41, 5.74) is 3.81. The molecule has 0 radical (unpaired) electrons. The summed E-state index contributed by atoms with van der Waals surface area (Å²) < 4.78 is 2.08. The van der Waals surface area contributed by atoms with Gasteiger partial charge in [-0.25, -0.2) is 0 Å². The van der Waals surface area contributed by atoms with Gasteiger partial charge in [-0.05, 0) is 63.6 Å². The van der Waals surface area contributed by atoms with E-state index in [1.165, 1.54) is 17.7 Å². The van der Waals surface area contributed by atoms with Crippen molar-refractivity contribution in [2.75, 3.05) is 26.2 Å². The van der Waals surface area contributed by atoms with Crippen molar-refractivity contribution in [3.05, 3.63) is 39.3 Å². The fourth-order valence-electron chi connectivity index (χ4n) is 3.66. The lowest BCUT2D eigenvalue weighted by Crippen LogP contribution is -2.41. The number of aryl methyl sites for hydroxylation is 3. The van der Waals surface area contributed by atoms with E-state index in [2.05, 4.69) is 63.6 Å². The maximum absolute atomic E-state index is 4.83. The first-order chi connectivity index (χ1) is 13.6. The summed E-state index contributed by atoms with van der Waals surface area (Å²) in [6.45, 7) is 14.2. The third-order valence-electron chi connectivity index (χ3n) is 5.26. The van der Waals surface area contributed by atoms with Crippen molar-refractivity contribution in [2.45, 2.75) is 59.7 Å². The van der Waals surface area contributed by atoms with E-state index >= 15 is 0 Å². The molecule has 0 aliphatic carbocycles. The quantitative estimate of drug-likeness (QED) is 0.405. The van der Waals surface area contributed by atoms with E-state index in [1.807, 2.05) is 18.3 Å². The normalized spacial score (nSPS) is 16.1. The van der Waals surface area contributed by atoms with Crippen LogP contribution in [0.2, 0.25) is 0 Å². The zero-order valence-electron chi connectivity index (χ0n) is 17.7. The molecule has 0 amide bonds. The number of hydrogen-bond donors (Lipinski definition) is 2. The summed E-state index contributed by atoms with van der Waals surface area (Å²) in [6, 6.07) is 4.84. The predicted octanol–water partition coefficient (Wildman–Crippen LogP) is 2.95. The molecule has 3 heterocycles. The van der Waals surface area contributed by atoms with Crippen molar-refractivity contribution >= 4 is 17.3 Å². The van der Waals surface area contributed by atoms with Gasteiger partial charge in [0.15, 0.2) is 5.96 Å². The van der Waals surface area contributed by atoms with Crippen LogP contribution in [0.1, 0.15) is 42.1 Å². The second-order valence-corrected chi connectivity index (χ2v) is 8.59. The highest BCUT2D eigenvalue weighted by Crippen LogP contribution is 2.25. The fraction of sp³-hybridized carbons (Fsp3) is 0.619. The first kappa shape index (κ1) is 20.9. The molecule has 154 valence electrons. The Kier molecular flexibility index (Phi) is 7.50. The molecule has 2 aromatic heterocycles. The molecule has 2 N–H and O–H groups in total. The van der Waals surface area contributed by atoms with Gasteiger partial charge in [-0.2, -0.15) is 5.10 Å². The average molecular weight is 403 g/mol. The zero-order valence-corrected chi connectivity index (χ0v) is 18.5. The van der Waals surface area contributed by atoms with E-state index < -0.39 is 0 Å². The van der Waals surface area contributed by atoms with Crippen LogP contribution in [-0.2, 0) is 19.5 Å². The van der Waals surface area contributed by atoms with Crippen LogP contribution in [0.25, 0.3) is 0 Å². The van der Waals surface area contributed by atoms with E-state index in [1.54, 1.807) is 4.88 Å². The Morgan fingerprint density at radius 3 is 2.96 bits per heavy atom. The molecule has 3 rings (SSSR count). The number of fused-ring (bicyclic) bond motifs is 1. The van der Waals surface area contributed by atoms with Crippen molar-refractivity contribution < 1.29 is 0 Å². The van der Waals surface area contributed by atoms with Gasteiger partial charge in [-0.15, -0.1) is 11.3 Å². The van der Waals surface area contributed by atoms with Crippen molar-refractivity contribution in [2.24, 2.45) is 4.99 Å². The average Bonchev–Trinajstić information content (AvgIpc) is 3.27. The molecule has 0 aromatic carbocycles. The molecule has 0 bridgehead atoms. The van der Waals surface area contributed by atoms with Crippen LogP contribution < -0.4 is 10.6 Å². The summed E-state index contributed by atoms with van der Waals surface area (Å²) in [5.74, 6) is 0.913. The van der Waals surface area contributed by atoms with Crippen LogP contribution in [0.4, 0.5) is 0 Å². The van der Waals surface area contributed by atoms with E-state index in [4.69, 9.17) is 4.99 Å². The van der Waals surface area contributed by atoms with E-state index in [0.29, 0.717) is 6.04 Å². The minimum absolute atomic E-state index is 0.443. The summed E-state index contributed by atoms with van der Waals surface area (Å²) in [5, 5.41) is 13.6. The molecule has 1 atom stereocenters. The summed E-state index contributed by atoms with van der Waals surface area (Å²) in [4.78, 5) is 8.94. The zero-order chi connectivity index (χ0) is 19.9. The van der Waals surface area contributed by atoms with E-state index in [-0.39, 0.29) is 0 Å². The number of thiophene rings is 1. The first-order valence-corrected chi connectivity index (χ1v) is 11.3. The van der Waals surface area contributed by atoms with Crippen LogP contribution in [0.5, 0.6) is 0 Å². The highest BCUT2D eigenvalue weighted by molar-refractivity contribution is 7.10. The minimum atomic E-state index is 0.443. The van der Waals surface area contributed by atoms with Crippen molar-refractivity contribution in [3.63, 3.8) is 0 Å². The van der Waals surface area contributed by atoms with Crippen molar-refractivity contribution in [3.8, 4) is 0 Å². The molecule has 6 nitrogen and oxygen atoms in total. The van der Waals surface area contributed by atoms with Gasteiger partial charge in [0.25, 0.3) is 0 Å². The molecule has 7 heteroatoms. The van der Waals surface area contributed by atoms with Crippen LogP contribution in [-0.4, -0.2) is 52.9 Å². The second kappa shape index (κ2) is 10.1. The predicted molar refractivity (Wildman–Crippen MR) is 118 cm³/mol. The Morgan fingerprint density at radius 1 is 1.36 bits per heavy atom. The van der Waals surface area contributed by atoms with Gasteiger partial charge in [-0.1, -0.05) is 0 Å². The minimum Gasteiger partial charge on any atom is -0.357 e. The SMILES string of the molecule is CCNC(=NCC(C)N1CCc2sccc2C1)NCCCn1nc(C)cc1C. The van der Waals surface area contributed by atoms with Crippen LogP contribution in [0.15, 0.2) is 22.5 Å². The maximum atomic E-state index is 4.83. The Balaban J connectivity index is 1.45. The third kappa shape index (κ3) is 5.58. The van der Waals surface area contributed by atoms with Gasteiger partial charge in [0.05, 0.1) is 12.2 Å². The van der Waals surface area contributed by atoms with Gasteiger partial charge in [0.2, 0.25) is 0 Å². The molecule has 2 aromatic rings. The molecule has 0 spiro atoms. The fourth-order valence-corrected chi connectivity index (χ4v) is 4.55. The van der Waals surface area contributed by atoms with E-state index in [0.717, 1.165) is 57.3 Å². The Hall–Kier alpha value is -1.86. The Labute approximate surface area is 173 Å². The molecular formula is C21H34N6S. The Morgan fingerprint density at radius 2 is 2.21 bits per heavy atom. The maximum Gasteiger partial charge on any atom is 0.191 e. The van der Waals surface area contributed by atoms with Gasteiger partial charge < -0.3 is 10.6 Å². The van der Waals surface area contributed by atoms with Gasteiger partial charge in [-0.3, -0.25) is 14.6 Å². The van der Waals surface area contributed by atoms with Gasteiger partial charge in [0, 0.05) is 49.3 Å². The molecular weight excluding hydrogens is 368 g/mol. The lowest BCUT2D eigenvalue weighted by molar-refractivity contribution is 0.197. The number of guanidine groups is 1. The number of aromatic nitrogens is 2. The third-order valence-corrected chi connectivity index (χ3v) is 6.28. The van der Waals surface area contributed by atoms with Gasteiger partial charge in [0.1, 0.15) is 0 Å². The molecule has 1 aliphatic rings. The molecule has 0 fully saturated rings. The number of aliphatic imine (C=N–C) groups is 1. The lowest BCUT2D eigenvalue weighted by atomic mass is 10.1. The summed E-state index contributed by atoms with van der Waals surface area (Å²) in [6.07, 6.45) is 2.20. The smallest absolute Gasteiger partial charge is 0.191 e. The van der Waals surface area contributed by atoms with Crippen molar-refractivity contribution in [1.29, 1.82) is 0 Å². The number of nitrogens with one attached hydrogen (secondary N) is 2. The number of rotatable bonds is 8. The van der Waals surface area contributed by atoms with Crippen LogP contribution in [0, 0.1) is 13.8 Å². The summed E-state index contributed by atoms with van der Waals surface area (Å²) in [7, 11) is 0. The standard InChI is InChI=1S/C21H34N6S/c1-5-22-21(23-9-6-10-27-17(3)13-16(2)25-27)24-14-18(4)26-11-7-20-19(15-26)8-12-28-20/h8,12-13,18H,5-7,9-11,14-15H2,1-4H3,(H2,22,23,24). The molecule has 0 saturated heterocycles. The van der Waals surface area contributed by atoms with Crippen molar-refractivity contribution in [1.82, 2.24) is 25.3 Å². The second-order valence-electron chi connectivity index (χ2n) is 7.59. The molecule has 1 unspecified atom stereocenters. The van der Waals surface area contributed by atoms with E-state index in [9.17, 15) is 0 Å². The van der Waals surface area contributed by atoms with Crippen LogP contribution >= 0.6 is 11.3 Å². The molecule has 0 saturated carbocycles. The van der Waals surface area contributed by atoms with Crippen LogP contribution in [0.3, 0.4) is 0 Å². The Bertz CT molecular complexity index is 778. The highest BCUT2D eigenvalue weighted by Gasteiger charge is 2.21. The number of hydrogen-bond acceptors (Lipinski definition) is 4. The topological polar surface area (TPSA) is 57.5 Å². The molecule has 1 aliphatic heterocycles. The largest absolute Gasteiger partial charge is 0.357 e. The monoisotopic (exact) mass is 402 g/mol. The highest BCUT2D eigenvalue weighted by atomic mass is 32.1. The lowest BCUT2D eigenvalue weighted by Gasteiger charge is -2.31. The number of nitrogens with zero attached hydrogens (tertiary/aromatic N) is 4. The summed E-state index contributed by atoms with van der Waals surface area (Å²) >= 11 is 1.90.